The van der Waals surface area contributed by atoms with E-state index in [2.05, 4.69) is 20.4 Å². The van der Waals surface area contributed by atoms with Gasteiger partial charge in [0.25, 0.3) is 0 Å². The van der Waals surface area contributed by atoms with Gasteiger partial charge in [0.2, 0.25) is 5.95 Å². The van der Waals surface area contributed by atoms with Crippen LogP contribution in [-0.4, -0.2) is 26.3 Å². The van der Waals surface area contributed by atoms with Gasteiger partial charge in [-0.15, -0.1) is 16.4 Å². The smallest absolute Gasteiger partial charge is 0.225 e. The van der Waals surface area contributed by atoms with Gasteiger partial charge in [-0.1, -0.05) is 12.1 Å². The zero-order chi connectivity index (χ0) is 22.9. The number of nitrogen functional groups attached to an aromatic ring is 1. The highest BCUT2D eigenvalue weighted by atomic mass is 32.1. The highest BCUT2D eigenvalue weighted by Gasteiger charge is 2.21. The zero-order valence-electron chi connectivity index (χ0n) is 17.1. The van der Waals surface area contributed by atoms with Gasteiger partial charge in [-0.25, -0.2) is 22.8 Å². The van der Waals surface area contributed by atoms with Crippen LogP contribution in [0, 0.1) is 17.5 Å². The van der Waals surface area contributed by atoms with Crippen molar-refractivity contribution < 1.29 is 13.2 Å². The number of nitrogens with two attached hydrogens (primary N) is 1. The van der Waals surface area contributed by atoms with Gasteiger partial charge < -0.3 is 11.1 Å². The molecule has 3 N–H and O–H groups in total. The summed E-state index contributed by atoms with van der Waals surface area (Å²) in [6, 6.07) is 12.9. The van der Waals surface area contributed by atoms with Crippen molar-refractivity contribution in [2.75, 3.05) is 17.6 Å². The Morgan fingerprint density at radius 1 is 0.970 bits per heavy atom. The van der Waals surface area contributed by atoms with E-state index in [0.29, 0.717) is 12.2 Å². The number of hydrogen-bond donors (Lipinski definition) is 2. The van der Waals surface area contributed by atoms with Crippen molar-refractivity contribution in [1.82, 2.24) is 19.7 Å². The van der Waals surface area contributed by atoms with Crippen LogP contribution in [0.1, 0.15) is 4.88 Å². The number of anilines is 2. The van der Waals surface area contributed by atoms with Crippen molar-refractivity contribution in [3.05, 3.63) is 82.3 Å². The monoisotopic (exact) mass is 466 g/mol. The summed E-state index contributed by atoms with van der Waals surface area (Å²) in [5.74, 6) is -1.63. The van der Waals surface area contributed by atoms with Gasteiger partial charge in [-0.2, -0.15) is 4.98 Å². The Balaban J connectivity index is 1.63. The summed E-state index contributed by atoms with van der Waals surface area (Å²) in [6.45, 7) is 0.539. The first-order valence-corrected chi connectivity index (χ1v) is 10.9. The average Bonchev–Trinajstić information content (AvgIpc) is 3.41. The SMILES string of the molecule is Nc1c2c(-c3ccc(F)cc3F)nc(NCCc3cccs3)nc2nn1-c1cccc(F)c1. The minimum atomic E-state index is -0.794. The summed E-state index contributed by atoms with van der Waals surface area (Å²) in [5, 5.41) is 9.83. The second-order valence-corrected chi connectivity index (χ2v) is 8.28. The molecule has 0 atom stereocenters. The summed E-state index contributed by atoms with van der Waals surface area (Å²) in [4.78, 5) is 10.1. The molecule has 0 bridgehead atoms. The molecule has 0 radical (unpaired) electrons. The molecule has 0 aliphatic heterocycles. The van der Waals surface area contributed by atoms with Gasteiger partial charge >= 0.3 is 0 Å². The number of fused-ring (bicyclic) bond motifs is 1. The highest BCUT2D eigenvalue weighted by Crippen LogP contribution is 2.34. The van der Waals surface area contributed by atoms with Crippen molar-refractivity contribution in [3.8, 4) is 16.9 Å². The lowest BCUT2D eigenvalue weighted by Gasteiger charge is -2.09. The van der Waals surface area contributed by atoms with E-state index in [0.717, 1.165) is 18.6 Å². The Morgan fingerprint density at radius 3 is 2.58 bits per heavy atom. The molecular weight excluding hydrogens is 449 g/mol. The van der Waals surface area contributed by atoms with E-state index in [1.807, 2.05) is 17.5 Å². The molecule has 0 saturated carbocycles. The molecule has 0 unspecified atom stereocenters. The fourth-order valence-electron chi connectivity index (χ4n) is 3.52. The quantitative estimate of drug-likeness (QED) is 0.360. The molecule has 0 saturated heterocycles. The number of thiophene rings is 1. The van der Waals surface area contributed by atoms with Gasteiger partial charge in [0.1, 0.15) is 23.3 Å². The normalized spacial score (nSPS) is 11.2. The molecule has 5 aromatic rings. The highest BCUT2D eigenvalue weighted by molar-refractivity contribution is 7.09. The van der Waals surface area contributed by atoms with Gasteiger partial charge in [-0.05, 0) is 48.2 Å². The van der Waals surface area contributed by atoms with Crippen LogP contribution in [0.4, 0.5) is 24.9 Å². The third-order valence-corrected chi connectivity index (χ3v) is 5.98. The van der Waals surface area contributed by atoms with E-state index in [9.17, 15) is 13.2 Å². The third kappa shape index (κ3) is 4.12. The fraction of sp³-hybridized carbons (Fsp3) is 0.0870. The van der Waals surface area contributed by atoms with Crippen molar-refractivity contribution in [2.45, 2.75) is 6.42 Å². The molecule has 0 spiro atoms. The molecule has 0 aliphatic carbocycles. The van der Waals surface area contributed by atoms with Crippen LogP contribution >= 0.6 is 11.3 Å². The lowest BCUT2D eigenvalue weighted by molar-refractivity contribution is 0.585. The first-order valence-electron chi connectivity index (χ1n) is 10.0. The van der Waals surface area contributed by atoms with Crippen LogP contribution in [0.25, 0.3) is 28.0 Å². The number of aromatic nitrogens is 4. The maximum Gasteiger partial charge on any atom is 0.225 e. The Labute approximate surface area is 190 Å². The van der Waals surface area contributed by atoms with Gasteiger partial charge in [0, 0.05) is 23.1 Å². The first kappa shape index (κ1) is 21.0. The molecule has 3 heterocycles. The van der Waals surface area contributed by atoms with E-state index in [1.165, 1.54) is 33.8 Å². The first-order chi connectivity index (χ1) is 16.0. The summed E-state index contributed by atoms with van der Waals surface area (Å²) in [6.07, 6.45) is 0.749. The maximum absolute atomic E-state index is 14.7. The van der Waals surface area contributed by atoms with E-state index in [4.69, 9.17) is 5.73 Å². The zero-order valence-corrected chi connectivity index (χ0v) is 17.9. The number of halogens is 3. The number of rotatable bonds is 6. The van der Waals surface area contributed by atoms with Crippen LogP contribution in [-0.2, 0) is 6.42 Å². The molecule has 6 nitrogen and oxygen atoms in total. The summed E-state index contributed by atoms with van der Waals surface area (Å²) < 4.78 is 43.4. The van der Waals surface area contributed by atoms with Crippen LogP contribution in [0.2, 0.25) is 0 Å². The minimum Gasteiger partial charge on any atom is -0.383 e. The molecular formula is C23H17F3N6S. The number of nitrogens with zero attached hydrogens (tertiary/aromatic N) is 4. The van der Waals surface area contributed by atoms with Crippen LogP contribution in [0.3, 0.4) is 0 Å². The summed E-state index contributed by atoms with van der Waals surface area (Å²) in [7, 11) is 0. The van der Waals surface area contributed by atoms with E-state index < -0.39 is 17.5 Å². The van der Waals surface area contributed by atoms with Gasteiger partial charge in [0.15, 0.2) is 5.65 Å². The van der Waals surface area contributed by atoms with E-state index in [1.54, 1.807) is 17.4 Å². The van der Waals surface area contributed by atoms with Crippen LogP contribution in [0.5, 0.6) is 0 Å². The van der Waals surface area contributed by atoms with Crippen molar-refractivity contribution in [2.24, 2.45) is 0 Å². The molecule has 2 aromatic carbocycles. The average molecular weight is 466 g/mol. The number of hydrogen-bond acceptors (Lipinski definition) is 6. The number of nitrogens with one attached hydrogen (secondary N) is 1. The lowest BCUT2D eigenvalue weighted by Crippen LogP contribution is -2.08. The molecule has 3 aromatic heterocycles. The number of benzene rings is 2. The molecule has 0 aliphatic rings. The van der Waals surface area contributed by atoms with Crippen LogP contribution < -0.4 is 11.1 Å². The summed E-state index contributed by atoms with van der Waals surface area (Å²) in [5.41, 5.74) is 7.13. The van der Waals surface area contributed by atoms with Crippen LogP contribution in [0.15, 0.2) is 60.0 Å². The lowest BCUT2D eigenvalue weighted by atomic mass is 10.1. The van der Waals surface area contributed by atoms with Crippen molar-refractivity contribution in [1.29, 1.82) is 0 Å². The molecule has 5 rings (SSSR count). The standard InChI is InChI=1S/C23H17F3N6S/c24-13-3-1-4-15(11-13)32-21(27)19-20(17-7-6-14(25)12-18(17)26)29-23(30-22(19)31-32)28-9-8-16-5-2-10-33-16/h1-7,10-12H,8-9,27H2,(H,28,30,31). The second kappa shape index (κ2) is 8.55. The molecule has 10 heteroatoms. The Kier molecular flexibility index (Phi) is 5.43. The fourth-order valence-corrected chi connectivity index (χ4v) is 4.23. The minimum absolute atomic E-state index is 0.0515. The molecule has 166 valence electrons. The Morgan fingerprint density at radius 2 is 1.82 bits per heavy atom. The Hall–Kier alpha value is -3.92. The van der Waals surface area contributed by atoms with Gasteiger partial charge in [0.05, 0.1) is 16.8 Å². The topological polar surface area (TPSA) is 81.7 Å². The Bertz CT molecular complexity index is 1450. The van der Waals surface area contributed by atoms with Gasteiger partial charge in [-0.3, -0.25) is 0 Å². The van der Waals surface area contributed by atoms with Crippen molar-refractivity contribution in [3.63, 3.8) is 0 Å². The maximum atomic E-state index is 14.7. The van der Waals surface area contributed by atoms with Crippen molar-refractivity contribution >= 4 is 34.1 Å². The van der Waals surface area contributed by atoms with E-state index in [-0.39, 0.29) is 34.1 Å². The molecule has 33 heavy (non-hydrogen) atoms. The molecule has 0 amide bonds. The third-order valence-electron chi connectivity index (χ3n) is 5.04. The summed E-state index contributed by atoms with van der Waals surface area (Å²) >= 11 is 1.64. The van der Waals surface area contributed by atoms with E-state index >= 15 is 0 Å². The predicted octanol–water partition coefficient (Wildman–Crippen LogP) is 5.20. The predicted molar refractivity (Wildman–Crippen MR) is 123 cm³/mol. The second-order valence-electron chi connectivity index (χ2n) is 7.25. The molecule has 0 fully saturated rings. The largest absolute Gasteiger partial charge is 0.383 e.